The third-order valence-corrected chi connectivity index (χ3v) is 3.57. The second-order valence-electron chi connectivity index (χ2n) is 5.39. The van der Waals surface area contributed by atoms with Crippen LogP contribution in [0.25, 0.3) is 0 Å². The minimum Gasteiger partial charge on any atom is -0.348 e. The Kier molecular flexibility index (Phi) is 3.47. The van der Waals surface area contributed by atoms with E-state index in [-0.39, 0.29) is 0 Å². The molecule has 0 bridgehead atoms. The lowest BCUT2D eigenvalue weighted by Crippen LogP contribution is -1.95. The van der Waals surface area contributed by atoms with Crippen LogP contribution in [0.15, 0.2) is 37.4 Å². The monoisotopic (exact) mass is 308 g/mol. The number of aromatic amines is 4. The quantitative estimate of drug-likeness (QED) is 0.430. The number of H-pyrrole nitrogens is 4. The maximum Gasteiger partial charge on any atom is 0.113 e. The van der Waals surface area contributed by atoms with Crippen LogP contribution in [-0.2, 0) is 19.3 Å². The summed E-state index contributed by atoms with van der Waals surface area (Å²) in [5.41, 5.74) is 4.21. The van der Waals surface area contributed by atoms with E-state index < -0.39 is 0 Å². The molecule has 0 radical (unpaired) electrons. The Hall–Kier alpha value is -3.16. The molecule has 0 aliphatic rings. The fourth-order valence-electron chi connectivity index (χ4n) is 2.50. The third-order valence-electron chi connectivity index (χ3n) is 3.57. The SMILES string of the molecule is c1ncc(Cc2cnc(Cc3ncc(Cc4cnc[nH]4)[nH]3)[nH]2)[nH]1. The first-order valence-electron chi connectivity index (χ1n) is 7.35. The van der Waals surface area contributed by atoms with Gasteiger partial charge in [-0.25, -0.2) is 19.9 Å². The maximum absolute atomic E-state index is 4.41. The van der Waals surface area contributed by atoms with Crippen LogP contribution in [0.3, 0.4) is 0 Å². The molecular weight excluding hydrogens is 292 g/mol. The van der Waals surface area contributed by atoms with Gasteiger partial charge in [-0.3, -0.25) is 0 Å². The number of hydrogen-bond acceptors (Lipinski definition) is 4. The number of nitrogens with zero attached hydrogens (tertiary/aromatic N) is 4. The Balaban J connectivity index is 1.40. The number of nitrogens with one attached hydrogen (secondary N) is 4. The summed E-state index contributed by atoms with van der Waals surface area (Å²) in [6.07, 6.45) is 12.9. The molecule has 8 nitrogen and oxygen atoms in total. The molecule has 0 atom stereocenters. The Bertz CT molecular complexity index is 781. The second-order valence-corrected chi connectivity index (χ2v) is 5.39. The van der Waals surface area contributed by atoms with Gasteiger partial charge < -0.3 is 19.9 Å². The molecule has 0 aliphatic heterocycles. The van der Waals surface area contributed by atoms with E-state index in [9.17, 15) is 0 Å². The molecule has 0 spiro atoms. The van der Waals surface area contributed by atoms with Gasteiger partial charge in [0.1, 0.15) is 11.6 Å². The summed E-state index contributed by atoms with van der Waals surface area (Å²) in [5.74, 6) is 1.78. The van der Waals surface area contributed by atoms with Gasteiger partial charge in [0.15, 0.2) is 0 Å². The minimum atomic E-state index is 0.645. The fourth-order valence-corrected chi connectivity index (χ4v) is 2.50. The molecule has 4 heterocycles. The molecule has 0 unspecified atom stereocenters. The maximum atomic E-state index is 4.41. The summed E-state index contributed by atoms with van der Waals surface area (Å²) in [5, 5.41) is 0. The highest BCUT2D eigenvalue weighted by molar-refractivity contribution is 5.15. The van der Waals surface area contributed by atoms with Crippen molar-refractivity contribution in [1.82, 2.24) is 39.9 Å². The average Bonchev–Trinajstić information content (AvgIpc) is 3.31. The predicted molar refractivity (Wildman–Crippen MR) is 82.8 cm³/mol. The van der Waals surface area contributed by atoms with Crippen molar-refractivity contribution in [2.24, 2.45) is 0 Å². The van der Waals surface area contributed by atoms with Crippen molar-refractivity contribution in [3.05, 3.63) is 71.9 Å². The molecule has 0 saturated heterocycles. The van der Waals surface area contributed by atoms with Crippen molar-refractivity contribution in [3.63, 3.8) is 0 Å². The van der Waals surface area contributed by atoms with Crippen LogP contribution in [0.1, 0.15) is 34.4 Å². The van der Waals surface area contributed by atoms with Gasteiger partial charge in [-0.2, -0.15) is 0 Å². The molecule has 4 N–H and O–H groups in total. The van der Waals surface area contributed by atoms with Crippen molar-refractivity contribution in [1.29, 1.82) is 0 Å². The first-order valence-corrected chi connectivity index (χ1v) is 7.35. The zero-order valence-electron chi connectivity index (χ0n) is 12.4. The average molecular weight is 308 g/mol. The first kappa shape index (κ1) is 13.5. The zero-order valence-corrected chi connectivity index (χ0v) is 12.4. The van der Waals surface area contributed by atoms with Crippen LogP contribution in [0.4, 0.5) is 0 Å². The lowest BCUT2D eigenvalue weighted by atomic mass is 10.3. The summed E-state index contributed by atoms with van der Waals surface area (Å²) >= 11 is 0. The molecule has 4 aromatic rings. The first-order chi connectivity index (χ1) is 11.3. The summed E-state index contributed by atoms with van der Waals surface area (Å²) < 4.78 is 0. The molecule has 0 saturated carbocycles. The van der Waals surface area contributed by atoms with Gasteiger partial charge in [-0.15, -0.1) is 0 Å². The lowest BCUT2D eigenvalue weighted by Gasteiger charge is -1.95. The van der Waals surface area contributed by atoms with Crippen molar-refractivity contribution < 1.29 is 0 Å². The molecular formula is C15H16N8. The smallest absolute Gasteiger partial charge is 0.113 e. The summed E-state index contributed by atoms with van der Waals surface area (Å²) in [6.45, 7) is 0. The van der Waals surface area contributed by atoms with E-state index in [0.717, 1.165) is 47.3 Å². The van der Waals surface area contributed by atoms with Crippen LogP contribution >= 0.6 is 0 Å². The molecule has 0 aliphatic carbocycles. The Morgan fingerprint density at radius 2 is 1.13 bits per heavy atom. The fraction of sp³-hybridized carbons (Fsp3) is 0.200. The van der Waals surface area contributed by atoms with Gasteiger partial charge in [0, 0.05) is 60.4 Å². The molecule has 0 fully saturated rings. The Morgan fingerprint density at radius 1 is 0.609 bits per heavy atom. The van der Waals surface area contributed by atoms with Gasteiger partial charge in [0.05, 0.1) is 19.1 Å². The van der Waals surface area contributed by atoms with Gasteiger partial charge in [0.2, 0.25) is 0 Å². The van der Waals surface area contributed by atoms with E-state index in [4.69, 9.17) is 0 Å². The number of rotatable bonds is 6. The third kappa shape index (κ3) is 3.20. The van der Waals surface area contributed by atoms with Gasteiger partial charge in [-0.1, -0.05) is 0 Å². The topological polar surface area (TPSA) is 115 Å². The molecule has 8 heteroatoms. The Morgan fingerprint density at radius 3 is 1.57 bits per heavy atom. The zero-order chi connectivity index (χ0) is 15.5. The van der Waals surface area contributed by atoms with E-state index in [1.165, 1.54) is 0 Å². The summed E-state index contributed by atoms with van der Waals surface area (Å²) in [7, 11) is 0. The second kappa shape index (κ2) is 5.91. The summed E-state index contributed by atoms with van der Waals surface area (Å²) in [6, 6.07) is 0. The molecule has 0 amide bonds. The van der Waals surface area contributed by atoms with E-state index in [2.05, 4.69) is 39.9 Å². The molecule has 116 valence electrons. The van der Waals surface area contributed by atoms with Crippen molar-refractivity contribution in [2.75, 3.05) is 0 Å². The van der Waals surface area contributed by atoms with Crippen molar-refractivity contribution in [2.45, 2.75) is 19.3 Å². The minimum absolute atomic E-state index is 0.645. The Labute approximate surface area is 131 Å². The standard InChI is InChI=1S/C15H16N8/c1(10-4-16-8-20-10)12-6-18-14(22-12)3-15-19-7-13(23-15)2-11-5-17-9-21-11/h4-9H,1-3H2,(H,16,20)(H,17,21)(H,18,22)(H,19,23). The highest BCUT2D eigenvalue weighted by atomic mass is 15.0. The molecule has 0 aromatic carbocycles. The van der Waals surface area contributed by atoms with E-state index >= 15 is 0 Å². The van der Waals surface area contributed by atoms with Crippen LogP contribution in [0.5, 0.6) is 0 Å². The largest absolute Gasteiger partial charge is 0.348 e. The van der Waals surface area contributed by atoms with Crippen LogP contribution in [0, 0.1) is 0 Å². The highest BCUT2D eigenvalue weighted by Gasteiger charge is 2.07. The normalized spacial score (nSPS) is 11.1. The summed E-state index contributed by atoms with van der Waals surface area (Å²) in [4.78, 5) is 29.7. The van der Waals surface area contributed by atoms with Crippen LogP contribution in [-0.4, -0.2) is 39.9 Å². The molecule has 4 aromatic heterocycles. The molecule has 4 rings (SSSR count). The van der Waals surface area contributed by atoms with Crippen LogP contribution in [0.2, 0.25) is 0 Å². The molecule has 23 heavy (non-hydrogen) atoms. The van der Waals surface area contributed by atoms with Crippen molar-refractivity contribution in [3.8, 4) is 0 Å². The van der Waals surface area contributed by atoms with Crippen LogP contribution < -0.4 is 0 Å². The van der Waals surface area contributed by atoms with E-state index in [0.29, 0.717) is 6.42 Å². The van der Waals surface area contributed by atoms with E-state index in [1.807, 2.05) is 24.8 Å². The predicted octanol–water partition coefficient (Wildman–Crippen LogP) is 1.35. The van der Waals surface area contributed by atoms with Gasteiger partial charge in [0.25, 0.3) is 0 Å². The lowest BCUT2D eigenvalue weighted by molar-refractivity contribution is 0.922. The van der Waals surface area contributed by atoms with Gasteiger partial charge in [-0.05, 0) is 0 Å². The number of hydrogen-bond donors (Lipinski definition) is 4. The number of aromatic nitrogens is 8. The number of imidazole rings is 4. The highest BCUT2D eigenvalue weighted by Crippen LogP contribution is 2.09. The van der Waals surface area contributed by atoms with Crippen molar-refractivity contribution >= 4 is 0 Å². The van der Waals surface area contributed by atoms with E-state index in [1.54, 1.807) is 12.7 Å². The van der Waals surface area contributed by atoms with Gasteiger partial charge >= 0.3 is 0 Å².